The predicted molar refractivity (Wildman–Crippen MR) is 75.2 cm³/mol. The molecule has 8 heteroatoms. The number of hydrogen-bond acceptors (Lipinski definition) is 5. The van der Waals surface area contributed by atoms with Crippen LogP contribution < -0.4 is 9.88 Å². The Morgan fingerprint density at radius 1 is 1.38 bits per heavy atom. The van der Waals surface area contributed by atoms with Crippen molar-refractivity contribution in [3.8, 4) is 5.75 Å². The van der Waals surface area contributed by atoms with Gasteiger partial charge in [-0.1, -0.05) is 25.1 Å². The lowest BCUT2D eigenvalue weighted by molar-refractivity contribution is 0.219. The second-order valence-corrected chi connectivity index (χ2v) is 6.41. The van der Waals surface area contributed by atoms with Crippen molar-refractivity contribution < 1.29 is 13.2 Å². The normalized spacial score (nSPS) is 17.5. The quantitative estimate of drug-likeness (QED) is 0.908. The van der Waals surface area contributed by atoms with E-state index in [0.29, 0.717) is 18.8 Å². The molecule has 1 aromatic carbocycles. The summed E-state index contributed by atoms with van der Waals surface area (Å²) in [5.41, 5.74) is 1.07. The van der Waals surface area contributed by atoms with Gasteiger partial charge in [0.05, 0.1) is 0 Å². The Hall–Kier alpha value is -1.93. The van der Waals surface area contributed by atoms with Crippen molar-refractivity contribution in [3.05, 3.63) is 35.7 Å². The fraction of sp³-hybridized carbons (Fsp3) is 0.385. The van der Waals surface area contributed by atoms with E-state index in [0.717, 1.165) is 17.7 Å². The van der Waals surface area contributed by atoms with Crippen LogP contribution in [0.3, 0.4) is 0 Å². The number of rotatable bonds is 4. The Balaban J connectivity index is 1.99. The number of benzene rings is 1. The van der Waals surface area contributed by atoms with Crippen LogP contribution in [0.15, 0.2) is 29.4 Å². The smallest absolute Gasteiger partial charge is 0.273 e. The molecule has 0 aliphatic carbocycles. The Bertz CT molecular complexity index is 744. The van der Waals surface area contributed by atoms with Gasteiger partial charge >= 0.3 is 0 Å². The molecular formula is C13H16N4O3S. The van der Waals surface area contributed by atoms with E-state index in [-0.39, 0.29) is 11.3 Å². The van der Waals surface area contributed by atoms with Crippen LogP contribution >= 0.6 is 0 Å². The van der Waals surface area contributed by atoms with Crippen LogP contribution in [0.1, 0.15) is 30.8 Å². The molecule has 1 atom stereocenters. The van der Waals surface area contributed by atoms with Gasteiger partial charge in [0.1, 0.15) is 5.75 Å². The van der Waals surface area contributed by atoms with Crippen molar-refractivity contribution in [3.63, 3.8) is 0 Å². The van der Waals surface area contributed by atoms with Crippen molar-refractivity contribution >= 4 is 10.0 Å². The minimum atomic E-state index is -3.90. The first-order valence-electron chi connectivity index (χ1n) is 6.71. The van der Waals surface area contributed by atoms with Crippen molar-refractivity contribution in [2.45, 2.75) is 37.6 Å². The van der Waals surface area contributed by atoms with Crippen LogP contribution in [-0.2, 0) is 23.0 Å². The molecule has 1 aromatic heterocycles. The highest BCUT2D eigenvalue weighted by Gasteiger charge is 2.31. The summed E-state index contributed by atoms with van der Waals surface area (Å²) in [6, 6.07) is 7.71. The lowest BCUT2D eigenvalue weighted by Crippen LogP contribution is -2.21. The molecule has 0 radical (unpaired) electrons. The molecule has 21 heavy (non-hydrogen) atoms. The number of hydrogen-bond donors (Lipinski definition) is 1. The highest BCUT2D eigenvalue weighted by atomic mass is 32.2. The van der Waals surface area contributed by atoms with Gasteiger partial charge in [-0.25, -0.2) is 13.6 Å². The van der Waals surface area contributed by atoms with Crippen LogP contribution in [-0.4, -0.2) is 23.2 Å². The number of nitrogens with two attached hydrogens (primary N) is 1. The van der Waals surface area contributed by atoms with Crippen LogP contribution in [0.25, 0.3) is 0 Å². The molecule has 2 aromatic rings. The zero-order valence-electron chi connectivity index (χ0n) is 11.6. The summed E-state index contributed by atoms with van der Waals surface area (Å²) in [5.74, 6) is 1.29. The first-order chi connectivity index (χ1) is 10.0. The average Bonchev–Trinajstić information content (AvgIpc) is 3.01. The number of sulfonamides is 1. The third-order valence-electron chi connectivity index (χ3n) is 3.38. The molecular weight excluding hydrogens is 292 g/mol. The minimum absolute atomic E-state index is 0.209. The maximum Gasteiger partial charge on any atom is 0.273 e. The van der Waals surface area contributed by atoms with Crippen molar-refractivity contribution in [2.24, 2.45) is 5.14 Å². The van der Waals surface area contributed by atoms with E-state index in [9.17, 15) is 8.42 Å². The molecule has 0 bridgehead atoms. The standard InChI is InChI=1S/C13H16N4O3S/c1-2-7-17-12(15-16-13(17)21(14,18)19)11-8-9-5-3-4-6-10(9)20-11/h3-6,11H,2,7-8H2,1H3,(H2,14,18,19). The Morgan fingerprint density at radius 2 is 2.14 bits per heavy atom. The third-order valence-corrected chi connectivity index (χ3v) is 4.19. The zero-order valence-corrected chi connectivity index (χ0v) is 12.4. The molecule has 3 rings (SSSR count). The second-order valence-electron chi connectivity index (χ2n) is 4.96. The molecule has 0 saturated heterocycles. The third kappa shape index (κ3) is 2.52. The molecule has 1 aliphatic rings. The van der Waals surface area contributed by atoms with Gasteiger partial charge in [-0.3, -0.25) is 4.57 Å². The van der Waals surface area contributed by atoms with E-state index in [2.05, 4.69) is 10.2 Å². The van der Waals surface area contributed by atoms with E-state index in [1.54, 1.807) is 0 Å². The van der Waals surface area contributed by atoms with Crippen LogP contribution in [0.4, 0.5) is 0 Å². The Kier molecular flexibility index (Phi) is 3.42. The summed E-state index contributed by atoms with van der Waals surface area (Å²) < 4.78 is 30.6. The summed E-state index contributed by atoms with van der Waals surface area (Å²) in [5, 5.41) is 12.7. The second kappa shape index (κ2) is 5.12. The SMILES string of the molecule is CCCn1c(C2Cc3ccccc3O2)nnc1S(N)(=O)=O. The molecule has 0 saturated carbocycles. The molecule has 0 spiro atoms. The van der Waals surface area contributed by atoms with Gasteiger partial charge in [-0.15, -0.1) is 10.2 Å². The summed E-state index contributed by atoms with van der Waals surface area (Å²) in [6.07, 6.45) is 1.05. The zero-order chi connectivity index (χ0) is 15.0. The summed E-state index contributed by atoms with van der Waals surface area (Å²) in [6.45, 7) is 2.42. The molecule has 112 valence electrons. The lowest BCUT2D eigenvalue weighted by Gasteiger charge is -2.12. The molecule has 2 heterocycles. The molecule has 7 nitrogen and oxygen atoms in total. The number of primary sulfonamides is 1. The van der Waals surface area contributed by atoms with E-state index >= 15 is 0 Å². The van der Waals surface area contributed by atoms with Gasteiger partial charge in [0.2, 0.25) is 0 Å². The fourth-order valence-corrected chi connectivity index (χ4v) is 3.16. The minimum Gasteiger partial charge on any atom is -0.482 e. The number of ether oxygens (including phenoxy) is 1. The average molecular weight is 308 g/mol. The topological polar surface area (TPSA) is 100 Å². The monoisotopic (exact) mass is 308 g/mol. The van der Waals surface area contributed by atoms with Crippen LogP contribution in [0, 0.1) is 0 Å². The highest BCUT2D eigenvalue weighted by molar-refractivity contribution is 7.89. The number of aromatic nitrogens is 3. The first-order valence-corrected chi connectivity index (χ1v) is 8.25. The molecule has 1 aliphatic heterocycles. The number of nitrogens with zero attached hydrogens (tertiary/aromatic N) is 3. The molecule has 2 N–H and O–H groups in total. The lowest BCUT2D eigenvalue weighted by atomic mass is 10.1. The van der Waals surface area contributed by atoms with Crippen molar-refractivity contribution in [1.29, 1.82) is 0 Å². The van der Waals surface area contributed by atoms with Gasteiger partial charge < -0.3 is 4.74 Å². The van der Waals surface area contributed by atoms with Crippen LogP contribution in [0.5, 0.6) is 5.75 Å². The molecule has 0 amide bonds. The van der Waals surface area contributed by atoms with E-state index in [1.807, 2.05) is 31.2 Å². The van der Waals surface area contributed by atoms with Gasteiger partial charge in [0.15, 0.2) is 11.9 Å². The fourth-order valence-electron chi connectivity index (χ4n) is 2.51. The van der Waals surface area contributed by atoms with Gasteiger partial charge in [0.25, 0.3) is 15.2 Å². The maximum atomic E-state index is 11.6. The van der Waals surface area contributed by atoms with E-state index < -0.39 is 10.0 Å². The van der Waals surface area contributed by atoms with E-state index in [1.165, 1.54) is 4.57 Å². The summed E-state index contributed by atoms with van der Waals surface area (Å²) in [7, 11) is -3.90. The number of fused-ring (bicyclic) bond motifs is 1. The van der Waals surface area contributed by atoms with Crippen LogP contribution in [0.2, 0.25) is 0 Å². The summed E-state index contributed by atoms with van der Waals surface area (Å²) in [4.78, 5) is 0. The predicted octanol–water partition coefficient (Wildman–Crippen LogP) is 1.01. The Labute approximate surface area is 122 Å². The molecule has 0 fully saturated rings. The van der Waals surface area contributed by atoms with Gasteiger partial charge in [-0.05, 0) is 18.1 Å². The molecule has 1 unspecified atom stereocenters. The van der Waals surface area contributed by atoms with Gasteiger partial charge in [-0.2, -0.15) is 0 Å². The summed E-state index contributed by atoms with van der Waals surface area (Å²) >= 11 is 0. The van der Waals surface area contributed by atoms with Crippen molar-refractivity contribution in [2.75, 3.05) is 0 Å². The number of para-hydroxylation sites is 1. The highest BCUT2D eigenvalue weighted by Crippen LogP contribution is 2.36. The van der Waals surface area contributed by atoms with Gasteiger partial charge in [0, 0.05) is 13.0 Å². The Morgan fingerprint density at radius 3 is 2.81 bits per heavy atom. The first kappa shape index (κ1) is 14.0. The largest absolute Gasteiger partial charge is 0.482 e. The maximum absolute atomic E-state index is 11.6. The van der Waals surface area contributed by atoms with E-state index in [4.69, 9.17) is 9.88 Å². The van der Waals surface area contributed by atoms with Crippen molar-refractivity contribution in [1.82, 2.24) is 14.8 Å².